The molecule has 0 amide bonds. The van der Waals surface area contributed by atoms with Crippen molar-refractivity contribution in [3.8, 4) is 11.4 Å². The van der Waals surface area contributed by atoms with Gasteiger partial charge in [0, 0.05) is 23.2 Å². The molecule has 164 valence electrons. The number of aliphatic hydroxyl groups excluding tert-OH is 2. The van der Waals surface area contributed by atoms with E-state index in [1.54, 1.807) is 6.20 Å². The van der Waals surface area contributed by atoms with Crippen LogP contribution in [0.3, 0.4) is 0 Å². The molecule has 2 atom stereocenters. The Hall–Kier alpha value is -2.65. The molecule has 3 aromatic rings. The minimum atomic E-state index is -0.941. The average molecular weight is 421 g/mol. The predicted molar refractivity (Wildman–Crippen MR) is 113 cm³/mol. The van der Waals surface area contributed by atoms with Crippen molar-refractivity contribution < 1.29 is 19.0 Å². The van der Waals surface area contributed by atoms with E-state index in [0.717, 1.165) is 12.4 Å². The van der Waals surface area contributed by atoms with Crippen molar-refractivity contribution in [2.24, 2.45) is 5.41 Å². The molecular weight excluding hydrogens is 392 g/mol. The number of nitrogens with one attached hydrogen (secondary N) is 2. The zero-order valence-electron chi connectivity index (χ0n) is 17.9. The largest absolute Gasteiger partial charge is 0.394 e. The maximum Gasteiger partial charge on any atom is 0.183 e. The lowest BCUT2D eigenvalue weighted by molar-refractivity contribution is 0.0735. The lowest BCUT2D eigenvalue weighted by atomic mass is 9.83. The number of fused-ring (bicyclic) bond motifs is 1. The zero-order valence-corrected chi connectivity index (χ0v) is 17.9. The van der Waals surface area contributed by atoms with E-state index < -0.39 is 17.7 Å². The first kappa shape index (κ1) is 23.6. The Morgan fingerprint density at radius 2 is 1.87 bits per heavy atom. The number of rotatable bonds is 6. The van der Waals surface area contributed by atoms with Crippen LogP contribution < -0.4 is 5.32 Å². The molecule has 0 saturated heterocycles. The van der Waals surface area contributed by atoms with E-state index in [1.807, 2.05) is 34.6 Å². The van der Waals surface area contributed by atoms with Crippen LogP contribution in [0.25, 0.3) is 22.4 Å². The van der Waals surface area contributed by atoms with Crippen LogP contribution in [0.1, 0.15) is 41.0 Å². The number of H-pyrrole nitrogens is 1. The number of anilines is 1. The van der Waals surface area contributed by atoms with Crippen molar-refractivity contribution in [3.63, 3.8) is 0 Å². The first-order valence-electron chi connectivity index (χ1n) is 9.90. The fourth-order valence-corrected chi connectivity index (χ4v) is 2.90. The number of halogens is 2. The predicted octanol–water partition coefficient (Wildman–Crippen LogP) is 3.89. The highest BCUT2D eigenvalue weighted by Gasteiger charge is 2.28. The van der Waals surface area contributed by atoms with E-state index in [9.17, 15) is 13.9 Å². The van der Waals surface area contributed by atoms with Crippen molar-refractivity contribution in [2.45, 2.75) is 53.2 Å². The highest BCUT2D eigenvalue weighted by Crippen LogP contribution is 2.30. The third kappa shape index (κ3) is 5.48. The van der Waals surface area contributed by atoms with Crippen molar-refractivity contribution >= 4 is 16.9 Å². The average Bonchev–Trinajstić information content (AvgIpc) is 3.12. The lowest BCUT2D eigenvalue weighted by Crippen LogP contribution is -2.38. The maximum absolute atomic E-state index is 14.4. The van der Waals surface area contributed by atoms with Gasteiger partial charge in [-0.2, -0.15) is 0 Å². The molecule has 7 nitrogen and oxygen atoms in total. The standard InChI is InChI=1S/C19H23F2N5O2.C2H6/c1-19(2,3)15(5-11(28)9-27)25-18-14(21)8-24-17(26-18)13-7-23-16-12(13)4-10(20)6-22-16;1-2/h4,6-8,11,15,27-28H,5,9H2,1-3H3,(H,22,23)(H,24,25,26);1-2H3/t11?,15-;/m1./s1. The minimum Gasteiger partial charge on any atom is -0.394 e. The van der Waals surface area contributed by atoms with Crippen LogP contribution >= 0.6 is 0 Å². The summed E-state index contributed by atoms with van der Waals surface area (Å²) in [7, 11) is 0. The monoisotopic (exact) mass is 421 g/mol. The molecule has 0 aliphatic carbocycles. The second kappa shape index (κ2) is 9.90. The molecule has 0 fully saturated rings. The van der Waals surface area contributed by atoms with Crippen LogP contribution in [0.15, 0.2) is 24.7 Å². The van der Waals surface area contributed by atoms with Gasteiger partial charge in [-0.3, -0.25) is 0 Å². The number of hydrogen-bond acceptors (Lipinski definition) is 6. The van der Waals surface area contributed by atoms with Crippen LogP contribution in [0.4, 0.5) is 14.6 Å². The molecule has 0 aromatic carbocycles. The molecule has 3 rings (SSSR count). The van der Waals surface area contributed by atoms with Gasteiger partial charge in [0.15, 0.2) is 17.5 Å². The second-order valence-corrected chi connectivity index (χ2v) is 7.78. The van der Waals surface area contributed by atoms with Gasteiger partial charge in [-0.05, 0) is 17.9 Å². The molecule has 0 aliphatic rings. The number of aromatic nitrogens is 4. The molecule has 30 heavy (non-hydrogen) atoms. The molecule has 0 aliphatic heterocycles. The molecule has 3 heterocycles. The minimum absolute atomic E-state index is 0.0335. The number of pyridine rings is 1. The van der Waals surface area contributed by atoms with E-state index in [2.05, 4.69) is 25.3 Å². The fourth-order valence-electron chi connectivity index (χ4n) is 2.90. The Balaban J connectivity index is 0.00000155. The fraction of sp³-hybridized carbons (Fsp3) is 0.476. The van der Waals surface area contributed by atoms with Gasteiger partial charge in [0.05, 0.1) is 25.1 Å². The Morgan fingerprint density at radius 1 is 1.17 bits per heavy atom. The van der Waals surface area contributed by atoms with Gasteiger partial charge in [-0.25, -0.2) is 23.7 Å². The van der Waals surface area contributed by atoms with Gasteiger partial charge >= 0.3 is 0 Å². The molecule has 0 saturated carbocycles. The van der Waals surface area contributed by atoms with Crippen LogP contribution in [0.5, 0.6) is 0 Å². The topological polar surface area (TPSA) is 107 Å². The van der Waals surface area contributed by atoms with Gasteiger partial charge in [-0.15, -0.1) is 0 Å². The van der Waals surface area contributed by atoms with Crippen LogP contribution in [0.2, 0.25) is 0 Å². The highest BCUT2D eigenvalue weighted by molar-refractivity contribution is 5.91. The van der Waals surface area contributed by atoms with Gasteiger partial charge in [0.1, 0.15) is 11.5 Å². The second-order valence-electron chi connectivity index (χ2n) is 7.78. The van der Waals surface area contributed by atoms with Gasteiger partial charge < -0.3 is 20.5 Å². The van der Waals surface area contributed by atoms with Crippen LogP contribution in [0, 0.1) is 17.0 Å². The summed E-state index contributed by atoms with van der Waals surface area (Å²) in [6.07, 6.45) is 3.00. The van der Waals surface area contributed by atoms with Crippen molar-refractivity contribution in [1.29, 1.82) is 0 Å². The molecule has 1 unspecified atom stereocenters. The summed E-state index contributed by atoms with van der Waals surface area (Å²) < 4.78 is 28.0. The van der Waals surface area contributed by atoms with Gasteiger partial charge in [0.2, 0.25) is 0 Å². The maximum atomic E-state index is 14.4. The Labute approximate surface area is 174 Å². The Morgan fingerprint density at radius 3 is 2.50 bits per heavy atom. The molecular formula is C21H29F2N5O2. The van der Waals surface area contributed by atoms with Crippen molar-refractivity contribution in [1.82, 2.24) is 19.9 Å². The molecule has 0 spiro atoms. The summed E-state index contributed by atoms with van der Waals surface area (Å²) in [6.45, 7) is 9.41. The van der Waals surface area contributed by atoms with E-state index >= 15 is 0 Å². The normalized spacial score (nSPS) is 13.5. The van der Waals surface area contributed by atoms with Gasteiger partial charge in [-0.1, -0.05) is 34.6 Å². The molecule has 3 aromatic heterocycles. The highest BCUT2D eigenvalue weighted by atomic mass is 19.1. The summed E-state index contributed by atoms with van der Waals surface area (Å²) in [5.74, 6) is -0.980. The molecule has 0 radical (unpaired) electrons. The number of aromatic amines is 1. The van der Waals surface area contributed by atoms with E-state index in [1.165, 1.54) is 6.07 Å². The van der Waals surface area contributed by atoms with Crippen LogP contribution in [-0.4, -0.2) is 48.9 Å². The summed E-state index contributed by atoms with van der Waals surface area (Å²) in [5, 5.41) is 22.5. The Kier molecular flexibility index (Phi) is 7.80. The summed E-state index contributed by atoms with van der Waals surface area (Å²) in [4.78, 5) is 15.2. The van der Waals surface area contributed by atoms with Crippen molar-refractivity contribution in [2.75, 3.05) is 11.9 Å². The molecule has 0 bridgehead atoms. The van der Waals surface area contributed by atoms with Crippen LogP contribution in [-0.2, 0) is 0 Å². The molecule has 4 N–H and O–H groups in total. The SMILES string of the molecule is CC.CC(C)(C)[C@@H](CC(O)CO)Nc1nc(-c2c[nH]c3ncc(F)cc23)ncc1F. The zero-order chi connectivity index (χ0) is 22.5. The third-order valence-electron chi connectivity index (χ3n) is 4.56. The first-order valence-corrected chi connectivity index (χ1v) is 9.90. The van der Waals surface area contributed by atoms with E-state index in [-0.39, 0.29) is 36.1 Å². The summed E-state index contributed by atoms with van der Waals surface area (Å²) >= 11 is 0. The van der Waals surface area contributed by atoms with E-state index in [0.29, 0.717) is 16.6 Å². The molecule has 9 heteroatoms. The summed E-state index contributed by atoms with van der Waals surface area (Å²) in [6, 6.07) is 0.942. The quantitative estimate of drug-likeness (QED) is 0.481. The third-order valence-corrected chi connectivity index (χ3v) is 4.56. The number of hydrogen-bond donors (Lipinski definition) is 4. The van der Waals surface area contributed by atoms with Crippen molar-refractivity contribution in [3.05, 3.63) is 36.3 Å². The smallest absolute Gasteiger partial charge is 0.183 e. The van der Waals surface area contributed by atoms with Gasteiger partial charge in [0.25, 0.3) is 0 Å². The number of aliphatic hydroxyl groups is 2. The number of nitrogens with zero attached hydrogens (tertiary/aromatic N) is 3. The first-order chi connectivity index (χ1) is 14.2. The summed E-state index contributed by atoms with van der Waals surface area (Å²) in [5.41, 5.74) is 0.617. The Bertz CT molecular complexity index is 972. The van der Waals surface area contributed by atoms with E-state index in [4.69, 9.17) is 5.11 Å². The lowest BCUT2D eigenvalue weighted by Gasteiger charge is -2.33.